The van der Waals surface area contributed by atoms with Crippen molar-refractivity contribution in [3.05, 3.63) is 45.4 Å². The maximum absolute atomic E-state index is 12.4. The zero-order valence-corrected chi connectivity index (χ0v) is 16.1. The van der Waals surface area contributed by atoms with Gasteiger partial charge in [-0.1, -0.05) is 12.1 Å². The first-order valence-electron chi connectivity index (χ1n) is 8.62. The number of benzene rings is 1. The van der Waals surface area contributed by atoms with Gasteiger partial charge in [-0.05, 0) is 38.0 Å². The van der Waals surface area contributed by atoms with E-state index < -0.39 is 0 Å². The molecule has 1 aliphatic heterocycles. The van der Waals surface area contributed by atoms with Crippen LogP contribution in [-0.2, 0) is 11.2 Å². The number of nitrogens with one attached hydrogen (secondary N) is 1. The Balaban J connectivity index is 1.53. The summed E-state index contributed by atoms with van der Waals surface area (Å²) in [6, 6.07) is 7.71. The molecule has 0 radical (unpaired) electrons. The van der Waals surface area contributed by atoms with Gasteiger partial charge < -0.3 is 15.0 Å². The van der Waals surface area contributed by atoms with E-state index in [1.54, 1.807) is 7.11 Å². The lowest BCUT2D eigenvalue weighted by atomic mass is 10.1. The molecule has 0 unspecified atom stereocenters. The highest BCUT2D eigenvalue weighted by molar-refractivity contribution is 7.13. The molecule has 3 rings (SSSR count). The summed E-state index contributed by atoms with van der Waals surface area (Å²) < 4.78 is 5.15. The van der Waals surface area contributed by atoms with Crippen molar-refractivity contribution in [2.24, 2.45) is 0 Å². The van der Waals surface area contributed by atoms with E-state index in [9.17, 15) is 9.59 Å². The quantitative estimate of drug-likeness (QED) is 0.844. The number of amides is 2. The van der Waals surface area contributed by atoms with E-state index in [0.717, 1.165) is 28.4 Å². The van der Waals surface area contributed by atoms with Gasteiger partial charge in [0.25, 0.3) is 5.91 Å². The topological polar surface area (TPSA) is 71.5 Å². The van der Waals surface area contributed by atoms with Crippen LogP contribution < -0.4 is 10.1 Å². The molecule has 1 N–H and O–H groups in total. The highest BCUT2D eigenvalue weighted by Gasteiger charge is 2.31. The average molecular weight is 373 g/mol. The van der Waals surface area contributed by atoms with E-state index in [0.29, 0.717) is 24.4 Å². The molecule has 1 aromatic heterocycles. The number of carbonyl (C=O) groups is 2. The SMILES string of the molecule is COc1ccc(CCN2C[C@@H](NC(=O)c3sc(C)nc3C)CC2=O)cc1. The minimum Gasteiger partial charge on any atom is -0.497 e. The molecule has 0 saturated carbocycles. The van der Waals surface area contributed by atoms with Crippen molar-refractivity contribution >= 4 is 23.2 Å². The van der Waals surface area contributed by atoms with Gasteiger partial charge in [0.05, 0.1) is 23.9 Å². The number of hydrogen-bond donors (Lipinski definition) is 1. The van der Waals surface area contributed by atoms with Gasteiger partial charge in [0.15, 0.2) is 0 Å². The van der Waals surface area contributed by atoms with E-state index in [-0.39, 0.29) is 17.9 Å². The van der Waals surface area contributed by atoms with E-state index in [1.165, 1.54) is 11.3 Å². The summed E-state index contributed by atoms with van der Waals surface area (Å²) in [6.07, 6.45) is 1.13. The first-order chi connectivity index (χ1) is 12.5. The number of nitrogens with zero attached hydrogens (tertiary/aromatic N) is 2. The molecule has 2 aromatic rings. The molecule has 2 heterocycles. The Morgan fingerprint density at radius 3 is 2.69 bits per heavy atom. The Morgan fingerprint density at radius 2 is 2.08 bits per heavy atom. The molecule has 0 bridgehead atoms. The number of aryl methyl sites for hydroxylation is 2. The fraction of sp³-hybridized carbons (Fsp3) is 0.421. The van der Waals surface area contributed by atoms with Gasteiger partial charge in [-0.3, -0.25) is 9.59 Å². The molecule has 0 aliphatic carbocycles. The largest absolute Gasteiger partial charge is 0.497 e. The second-order valence-corrected chi connectivity index (χ2v) is 7.66. The van der Waals surface area contributed by atoms with E-state index >= 15 is 0 Å². The molecular formula is C19H23N3O3S. The third kappa shape index (κ3) is 4.22. The third-order valence-corrected chi connectivity index (χ3v) is 5.56. The number of methoxy groups -OCH3 is 1. The minimum absolute atomic E-state index is 0.0843. The van der Waals surface area contributed by atoms with Crippen LogP contribution >= 0.6 is 11.3 Å². The molecule has 1 atom stereocenters. The molecule has 7 heteroatoms. The smallest absolute Gasteiger partial charge is 0.263 e. The zero-order valence-electron chi connectivity index (χ0n) is 15.2. The lowest BCUT2D eigenvalue weighted by Gasteiger charge is -2.17. The molecule has 138 valence electrons. The molecular weight excluding hydrogens is 350 g/mol. The number of thiazole rings is 1. The summed E-state index contributed by atoms with van der Waals surface area (Å²) in [5.74, 6) is 0.770. The van der Waals surface area contributed by atoms with Crippen LogP contribution in [0.3, 0.4) is 0 Å². The summed E-state index contributed by atoms with van der Waals surface area (Å²) in [5.41, 5.74) is 1.90. The van der Waals surface area contributed by atoms with Crippen LogP contribution in [0.1, 0.15) is 32.4 Å². The highest BCUT2D eigenvalue weighted by Crippen LogP contribution is 2.19. The maximum Gasteiger partial charge on any atom is 0.263 e. The summed E-state index contributed by atoms with van der Waals surface area (Å²) in [5, 5.41) is 3.85. The third-order valence-electron chi connectivity index (χ3n) is 4.49. The second-order valence-electron chi connectivity index (χ2n) is 6.46. The number of aromatic nitrogens is 1. The fourth-order valence-electron chi connectivity index (χ4n) is 3.13. The van der Waals surface area contributed by atoms with Gasteiger partial charge in [0.2, 0.25) is 5.91 Å². The summed E-state index contributed by atoms with van der Waals surface area (Å²) in [6.45, 7) is 4.92. The first kappa shape index (κ1) is 18.4. The summed E-state index contributed by atoms with van der Waals surface area (Å²) >= 11 is 1.39. The number of hydrogen-bond acceptors (Lipinski definition) is 5. The number of carbonyl (C=O) groups excluding carboxylic acids is 2. The molecule has 1 aliphatic rings. The molecule has 26 heavy (non-hydrogen) atoms. The van der Waals surface area contributed by atoms with Crippen LogP contribution in [0.5, 0.6) is 5.75 Å². The normalized spacial score (nSPS) is 16.8. The molecule has 1 saturated heterocycles. The zero-order chi connectivity index (χ0) is 18.7. The summed E-state index contributed by atoms with van der Waals surface area (Å²) in [7, 11) is 1.64. The Labute approximate surface area is 157 Å². The minimum atomic E-state index is -0.146. The second kappa shape index (κ2) is 7.86. The molecule has 0 spiro atoms. The van der Waals surface area contributed by atoms with Gasteiger partial charge in [0.1, 0.15) is 10.6 Å². The van der Waals surface area contributed by atoms with Crippen LogP contribution in [0, 0.1) is 13.8 Å². The Morgan fingerprint density at radius 1 is 1.35 bits per heavy atom. The van der Waals surface area contributed by atoms with Crippen LogP contribution in [0.15, 0.2) is 24.3 Å². The number of rotatable bonds is 6. The average Bonchev–Trinajstić information content (AvgIpc) is 3.14. The maximum atomic E-state index is 12.4. The van der Waals surface area contributed by atoms with Crippen LogP contribution in [0.2, 0.25) is 0 Å². The Kier molecular flexibility index (Phi) is 5.56. The molecule has 6 nitrogen and oxygen atoms in total. The summed E-state index contributed by atoms with van der Waals surface area (Å²) in [4.78, 5) is 31.4. The van der Waals surface area contributed by atoms with E-state index in [4.69, 9.17) is 4.74 Å². The first-order valence-corrected chi connectivity index (χ1v) is 9.43. The van der Waals surface area contributed by atoms with Gasteiger partial charge in [-0.2, -0.15) is 0 Å². The van der Waals surface area contributed by atoms with Crippen molar-refractivity contribution in [3.8, 4) is 5.75 Å². The lowest BCUT2D eigenvalue weighted by Crippen LogP contribution is -2.37. The molecule has 2 amide bonds. The lowest BCUT2D eigenvalue weighted by molar-refractivity contribution is -0.127. The van der Waals surface area contributed by atoms with E-state index in [2.05, 4.69) is 10.3 Å². The van der Waals surface area contributed by atoms with Crippen LogP contribution in [-0.4, -0.2) is 47.9 Å². The van der Waals surface area contributed by atoms with Crippen molar-refractivity contribution in [1.29, 1.82) is 0 Å². The predicted molar refractivity (Wildman–Crippen MR) is 101 cm³/mol. The molecule has 1 fully saturated rings. The van der Waals surface area contributed by atoms with Crippen LogP contribution in [0.4, 0.5) is 0 Å². The Hall–Kier alpha value is -2.41. The predicted octanol–water partition coefficient (Wildman–Crippen LogP) is 2.34. The standard InChI is InChI=1S/C19H23N3O3S/c1-12-18(26-13(2)20-12)19(24)21-15-10-17(23)22(11-15)9-8-14-4-6-16(25-3)7-5-14/h4-7,15H,8-11H2,1-3H3,(H,21,24)/t15-/m0/s1. The van der Waals surface area contributed by atoms with Crippen molar-refractivity contribution in [2.75, 3.05) is 20.2 Å². The van der Waals surface area contributed by atoms with Crippen molar-refractivity contribution in [2.45, 2.75) is 32.7 Å². The highest BCUT2D eigenvalue weighted by atomic mass is 32.1. The van der Waals surface area contributed by atoms with Gasteiger partial charge in [0, 0.05) is 19.5 Å². The molecule has 1 aromatic carbocycles. The fourth-order valence-corrected chi connectivity index (χ4v) is 3.96. The number of likely N-dealkylation sites (tertiary alicyclic amines) is 1. The Bertz CT molecular complexity index is 801. The van der Waals surface area contributed by atoms with Crippen molar-refractivity contribution < 1.29 is 14.3 Å². The number of ether oxygens (including phenoxy) is 1. The van der Waals surface area contributed by atoms with Gasteiger partial charge in [-0.25, -0.2) is 4.98 Å². The van der Waals surface area contributed by atoms with Crippen molar-refractivity contribution in [3.63, 3.8) is 0 Å². The van der Waals surface area contributed by atoms with Crippen molar-refractivity contribution in [1.82, 2.24) is 15.2 Å². The monoisotopic (exact) mass is 373 g/mol. The van der Waals surface area contributed by atoms with E-state index in [1.807, 2.05) is 43.0 Å². The van der Waals surface area contributed by atoms with Gasteiger partial charge >= 0.3 is 0 Å². The van der Waals surface area contributed by atoms with Crippen LogP contribution in [0.25, 0.3) is 0 Å². The van der Waals surface area contributed by atoms with Gasteiger partial charge in [-0.15, -0.1) is 11.3 Å².